The van der Waals surface area contributed by atoms with Gasteiger partial charge in [-0.25, -0.2) is 0 Å². The van der Waals surface area contributed by atoms with Crippen molar-refractivity contribution in [1.82, 2.24) is 10.6 Å². The lowest BCUT2D eigenvalue weighted by Crippen LogP contribution is -2.39. The molecule has 0 aliphatic carbocycles. The van der Waals surface area contributed by atoms with Gasteiger partial charge in [0, 0.05) is 25.2 Å². The average Bonchev–Trinajstić information content (AvgIpc) is 3.14. The van der Waals surface area contributed by atoms with E-state index in [1.54, 1.807) is 25.4 Å². The van der Waals surface area contributed by atoms with Gasteiger partial charge in [-0.1, -0.05) is 11.6 Å². The molecule has 25 heavy (non-hydrogen) atoms. The zero-order chi connectivity index (χ0) is 17.7. The van der Waals surface area contributed by atoms with Crippen molar-refractivity contribution in [3.05, 3.63) is 53.4 Å². The molecule has 0 amide bonds. The van der Waals surface area contributed by atoms with Crippen molar-refractivity contribution in [2.75, 3.05) is 33.4 Å². The van der Waals surface area contributed by atoms with Crippen LogP contribution in [-0.2, 0) is 11.3 Å². The van der Waals surface area contributed by atoms with Crippen LogP contribution >= 0.6 is 11.6 Å². The topological polar surface area (TPSA) is 68.0 Å². The molecule has 1 heterocycles. The number of ether oxygens (including phenoxy) is 2. The lowest BCUT2D eigenvalue weighted by Gasteiger charge is -2.12. The zero-order valence-electron chi connectivity index (χ0n) is 14.3. The van der Waals surface area contributed by atoms with E-state index in [9.17, 15) is 0 Å². The first kappa shape index (κ1) is 19.1. The van der Waals surface area contributed by atoms with Crippen molar-refractivity contribution < 1.29 is 13.9 Å². The van der Waals surface area contributed by atoms with E-state index >= 15 is 0 Å². The third-order valence-corrected chi connectivity index (χ3v) is 3.53. The van der Waals surface area contributed by atoms with Crippen LogP contribution in [0.5, 0.6) is 5.75 Å². The van der Waals surface area contributed by atoms with Crippen LogP contribution in [0.2, 0.25) is 5.02 Å². The number of furan rings is 1. The van der Waals surface area contributed by atoms with Gasteiger partial charge in [0.1, 0.15) is 24.7 Å². The normalized spacial score (nSPS) is 11.4. The first-order valence-electron chi connectivity index (χ1n) is 8.21. The Labute approximate surface area is 153 Å². The third-order valence-electron chi connectivity index (χ3n) is 3.28. The molecule has 0 fully saturated rings. The van der Waals surface area contributed by atoms with Crippen LogP contribution in [0, 0.1) is 0 Å². The van der Waals surface area contributed by atoms with E-state index < -0.39 is 0 Å². The SMILES string of the molecule is CN=C(NCCCOCc1ccco1)NCCOc1ccc(Cl)cc1. The van der Waals surface area contributed by atoms with Gasteiger partial charge in [-0.3, -0.25) is 4.99 Å². The Bertz CT molecular complexity index is 615. The molecular weight excluding hydrogens is 342 g/mol. The molecule has 0 bridgehead atoms. The maximum atomic E-state index is 5.83. The van der Waals surface area contributed by atoms with Crippen LogP contribution in [0.1, 0.15) is 12.2 Å². The first-order valence-corrected chi connectivity index (χ1v) is 8.59. The number of rotatable bonds is 10. The molecule has 2 aromatic rings. The zero-order valence-corrected chi connectivity index (χ0v) is 15.1. The molecule has 0 saturated heterocycles. The fraction of sp³-hybridized carbons (Fsp3) is 0.389. The van der Waals surface area contributed by atoms with E-state index in [2.05, 4.69) is 15.6 Å². The Kier molecular flexibility index (Phi) is 8.72. The highest BCUT2D eigenvalue weighted by Crippen LogP contribution is 2.15. The predicted octanol–water partition coefficient (Wildman–Crippen LogP) is 3.08. The molecule has 0 saturated carbocycles. The summed E-state index contributed by atoms with van der Waals surface area (Å²) in [5.74, 6) is 2.37. The lowest BCUT2D eigenvalue weighted by molar-refractivity contribution is 0.105. The highest BCUT2D eigenvalue weighted by Gasteiger charge is 1.99. The predicted molar refractivity (Wildman–Crippen MR) is 99.3 cm³/mol. The molecule has 136 valence electrons. The van der Waals surface area contributed by atoms with Gasteiger partial charge in [-0.2, -0.15) is 0 Å². The quantitative estimate of drug-likeness (QED) is 0.385. The Morgan fingerprint density at radius 2 is 1.92 bits per heavy atom. The number of guanidine groups is 1. The van der Waals surface area contributed by atoms with Crippen molar-refractivity contribution in [1.29, 1.82) is 0 Å². The van der Waals surface area contributed by atoms with Gasteiger partial charge in [-0.05, 0) is 42.8 Å². The molecule has 0 radical (unpaired) electrons. The summed E-state index contributed by atoms with van der Waals surface area (Å²) < 4.78 is 16.3. The summed E-state index contributed by atoms with van der Waals surface area (Å²) in [5.41, 5.74) is 0. The number of nitrogens with one attached hydrogen (secondary N) is 2. The standard InChI is InChI=1S/C18H24ClN3O3/c1-20-18(21-9-3-11-23-14-17-4-2-12-24-17)22-10-13-25-16-7-5-15(19)6-8-16/h2,4-8,12H,3,9-11,13-14H2,1H3,(H2,20,21,22). The van der Waals surface area contributed by atoms with Gasteiger partial charge in [-0.15, -0.1) is 0 Å². The van der Waals surface area contributed by atoms with Gasteiger partial charge < -0.3 is 24.5 Å². The van der Waals surface area contributed by atoms with Crippen LogP contribution < -0.4 is 15.4 Å². The summed E-state index contributed by atoms with van der Waals surface area (Å²) in [7, 11) is 1.74. The lowest BCUT2D eigenvalue weighted by atomic mass is 10.3. The monoisotopic (exact) mass is 365 g/mol. The number of nitrogens with zero attached hydrogens (tertiary/aromatic N) is 1. The van der Waals surface area contributed by atoms with E-state index in [1.165, 1.54) is 0 Å². The number of hydrogen-bond donors (Lipinski definition) is 2. The van der Waals surface area contributed by atoms with Gasteiger partial charge in [0.25, 0.3) is 0 Å². The van der Waals surface area contributed by atoms with E-state index in [0.717, 1.165) is 30.4 Å². The molecule has 2 rings (SSSR count). The van der Waals surface area contributed by atoms with Crippen molar-refractivity contribution in [3.63, 3.8) is 0 Å². The smallest absolute Gasteiger partial charge is 0.191 e. The largest absolute Gasteiger partial charge is 0.492 e. The van der Waals surface area contributed by atoms with Gasteiger partial charge in [0.05, 0.1) is 12.8 Å². The summed E-state index contributed by atoms with van der Waals surface area (Å²) in [6, 6.07) is 11.1. The molecule has 0 spiro atoms. The molecule has 6 nitrogen and oxygen atoms in total. The summed E-state index contributed by atoms with van der Waals surface area (Å²) in [4.78, 5) is 4.17. The Morgan fingerprint density at radius 1 is 1.12 bits per heavy atom. The minimum Gasteiger partial charge on any atom is -0.492 e. The number of halogens is 1. The van der Waals surface area contributed by atoms with Crippen LogP contribution in [-0.4, -0.2) is 39.3 Å². The molecule has 0 aliphatic rings. The second kappa shape index (κ2) is 11.4. The second-order valence-corrected chi connectivity index (χ2v) is 5.65. The second-order valence-electron chi connectivity index (χ2n) is 5.21. The van der Waals surface area contributed by atoms with Gasteiger partial charge in [0.2, 0.25) is 0 Å². The van der Waals surface area contributed by atoms with Crippen molar-refractivity contribution >= 4 is 17.6 Å². The maximum Gasteiger partial charge on any atom is 0.191 e. The van der Waals surface area contributed by atoms with E-state index in [-0.39, 0.29) is 0 Å². The third kappa shape index (κ3) is 7.96. The molecule has 7 heteroatoms. The highest BCUT2D eigenvalue weighted by atomic mass is 35.5. The van der Waals surface area contributed by atoms with E-state index in [4.69, 9.17) is 25.5 Å². The Hall–Kier alpha value is -2.18. The molecule has 0 aliphatic heterocycles. The summed E-state index contributed by atoms with van der Waals surface area (Å²) in [5, 5.41) is 7.13. The maximum absolute atomic E-state index is 5.83. The van der Waals surface area contributed by atoms with Crippen LogP contribution in [0.25, 0.3) is 0 Å². The summed E-state index contributed by atoms with van der Waals surface area (Å²) in [6.07, 6.45) is 2.52. The number of hydrogen-bond acceptors (Lipinski definition) is 4. The number of benzene rings is 1. The van der Waals surface area contributed by atoms with Crippen LogP contribution in [0.4, 0.5) is 0 Å². The fourth-order valence-corrected chi connectivity index (χ4v) is 2.16. The first-order chi connectivity index (χ1) is 12.3. The van der Waals surface area contributed by atoms with Crippen LogP contribution in [0.3, 0.4) is 0 Å². The summed E-state index contributed by atoms with van der Waals surface area (Å²) >= 11 is 5.83. The molecular formula is C18H24ClN3O3. The molecule has 0 atom stereocenters. The molecule has 1 aromatic carbocycles. The minimum absolute atomic E-state index is 0.502. The Morgan fingerprint density at radius 3 is 2.64 bits per heavy atom. The van der Waals surface area contributed by atoms with Crippen molar-refractivity contribution in [3.8, 4) is 5.75 Å². The molecule has 1 aromatic heterocycles. The average molecular weight is 366 g/mol. The minimum atomic E-state index is 0.502. The fourth-order valence-electron chi connectivity index (χ4n) is 2.04. The number of aliphatic imine (C=N–C) groups is 1. The summed E-state index contributed by atoms with van der Waals surface area (Å²) in [6.45, 7) is 3.12. The van der Waals surface area contributed by atoms with Gasteiger partial charge in [0.15, 0.2) is 5.96 Å². The van der Waals surface area contributed by atoms with E-state index in [1.807, 2.05) is 24.3 Å². The molecule has 0 unspecified atom stereocenters. The van der Waals surface area contributed by atoms with Crippen molar-refractivity contribution in [2.45, 2.75) is 13.0 Å². The Balaban J connectivity index is 1.49. The van der Waals surface area contributed by atoms with Gasteiger partial charge >= 0.3 is 0 Å². The van der Waals surface area contributed by atoms with E-state index in [0.29, 0.717) is 31.4 Å². The van der Waals surface area contributed by atoms with Crippen LogP contribution in [0.15, 0.2) is 52.1 Å². The highest BCUT2D eigenvalue weighted by molar-refractivity contribution is 6.30. The molecule has 2 N–H and O–H groups in total. The van der Waals surface area contributed by atoms with Crippen molar-refractivity contribution in [2.24, 2.45) is 4.99 Å².